The monoisotopic (exact) mass is 472 g/mol. The van der Waals surface area contributed by atoms with Crippen molar-refractivity contribution in [3.8, 4) is 11.3 Å². The van der Waals surface area contributed by atoms with E-state index < -0.39 is 42.7 Å². The average Bonchev–Trinajstić information content (AvgIpc) is 2.76. The Hall–Kier alpha value is -3.05. The molecule has 0 bridgehead atoms. The molecule has 2 unspecified atom stereocenters. The minimum absolute atomic E-state index is 0.0817. The fourth-order valence-electron chi connectivity index (χ4n) is 3.17. The summed E-state index contributed by atoms with van der Waals surface area (Å²) in [5, 5.41) is 2.21. The van der Waals surface area contributed by atoms with Crippen LogP contribution in [0.2, 0.25) is 5.15 Å². The molecule has 7 nitrogen and oxygen atoms in total. The van der Waals surface area contributed by atoms with Gasteiger partial charge in [-0.25, -0.2) is 9.97 Å². The molecule has 1 fully saturated rings. The molecule has 2 atom stereocenters. The largest absolute Gasteiger partial charge is 0.416 e. The standard InChI is InChI=1S/C20H17ClF4N4O3/c1-3-18(30)29-8-14(32-15(9-29)20(23,24)25)11-5-12(27-16(21)6-11)10-4-13(19(31)26-2)28-17(22)7-10/h3-7,14-15H,1,8-9H2,2H3,(H,26,31). The molecule has 2 aromatic rings. The molecule has 0 aromatic carbocycles. The van der Waals surface area contributed by atoms with E-state index in [1.165, 1.54) is 25.2 Å². The third-order valence-electron chi connectivity index (χ3n) is 4.69. The minimum atomic E-state index is -4.71. The number of aromatic nitrogens is 2. The SMILES string of the molecule is C=CC(=O)N1CC(c2cc(Cl)nc(-c3cc(F)nc(C(=O)NC)c3)c2)OC(C(F)(F)F)C1. The molecule has 1 saturated heterocycles. The van der Waals surface area contributed by atoms with E-state index in [4.69, 9.17) is 16.3 Å². The van der Waals surface area contributed by atoms with Gasteiger partial charge in [-0.05, 0) is 29.8 Å². The van der Waals surface area contributed by atoms with Crippen molar-refractivity contribution in [3.05, 3.63) is 59.3 Å². The Bertz CT molecular complexity index is 1060. The van der Waals surface area contributed by atoms with Crippen LogP contribution in [-0.4, -0.2) is 59.1 Å². The maximum Gasteiger partial charge on any atom is 0.416 e. The molecule has 0 radical (unpaired) electrons. The first-order chi connectivity index (χ1) is 15.0. The number of carbonyl (C=O) groups is 2. The molecule has 0 aliphatic carbocycles. The number of hydrogen-bond donors (Lipinski definition) is 1. The summed E-state index contributed by atoms with van der Waals surface area (Å²) in [4.78, 5) is 32.4. The molecule has 3 rings (SSSR count). The van der Waals surface area contributed by atoms with Crippen LogP contribution in [0.25, 0.3) is 11.3 Å². The number of ether oxygens (including phenoxy) is 1. The van der Waals surface area contributed by atoms with E-state index in [-0.39, 0.29) is 34.2 Å². The lowest BCUT2D eigenvalue weighted by Crippen LogP contribution is -2.51. The van der Waals surface area contributed by atoms with Crippen LogP contribution in [0.1, 0.15) is 22.2 Å². The Morgan fingerprint density at radius 1 is 1.25 bits per heavy atom. The van der Waals surface area contributed by atoms with Crippen molar-refractivity contribution >= 4 is 23.4 Å². The molecule has 12 heteroatoms. The van der Waals surface area contributed by atoms with E-state index in [1.54, 1.807) is 0 Å². The molecule has 2 amide bonds. The number of rotatable bonds is 4. The molecule has 1 aliphatic heterocycles. The van der Waals surface area contributed by atoms with E-state index in [0.717, 1.165) is 17.0 Å². The molecular weight excluding hydrogens is 456 g/mol. The van der Waals surface area contributed by atoms with Gasteiger partial charge in [0.05, 0.1) is 18.8 Å². The van der Waals surface area contributed by atoms with Gasteiger partial charge < -0.3 is 15.0 Å². The van der Waals surface area contributed by atoms with Gasteiger partial charge in [-0.3, -0.25) is 9.59 Å². The van der Waals surface area contributed by atoms with Gasteiger partial charge in [-0.2, -0.15) is 17.6 Å². The van der Waals surface area contributed by atoms with Gasteiger partial charge in [-0.15, -0.1) is 0 Å². The second-order valence-electron chi connectivity index (χ2n) is 6.85. The topological polar surface area (TPSA) is 84.4 Å². The highest BCUT2D eigenvalue weighted by Crippen LogP contribution is 2.35. The number of alkyl halides is 3. The first-order valence-corrected chi connectivity index (χ1v) is 9.60. The molecule has 32 heavy (non-hydrogen) atoms. The van der Waals surface area contributed by atoms with Crippen molar-refractivity contribution in [2.24, 2.45) is 0 Å². The Labute approximate surface area is 185 Å². The zero-order chi connectivity index (χ0) is 23.6. The first kappa shape index (κ1) is 23.6. The van der Waals surface area contributed by atoms with Crippen LogP contribution in [0.15, 0.2) is 36.9 Å². The third-order valence-corrected chi connectivity index (χ3v) is 4.88. The Morgan fingerprint density at radius 2 is 1.97 bits per heavy atom. The van der Waals surface area contributed by atoms with Crippen molar-refractivity contribution in [1.82, 2.24) is 20.2 Å². The third kappa shape index (κ3) is 5.22. The summed E-state index contributed by atoms with van der Waals surface area (Å²) >= 11 is 6.07. The first-order valence-electron chi connectivity index (χ1n) is 9.23. The fraction of sp³-hybridized carbons (Fsp3) is 0.300. The van der Waals surface area contributed by atoms with Crippen LogP contribution in [0.4, 0.5) is 17.6 Å². The lowest BCUT2D eigenvalue weighted by Gasteiger charge is -2.38. The summed E-state index contributed by atoms with van der Waals surface area (Å²) in [6, 6.07) is 4.91. The number of amides is 2. The molecule has 170 valence electrons. The fourth-order valence-corrected chi connectivity index (χ4v) is 3.39. The number of pyridine rings is 2. The van der Waals surface area contributed by atoms with Crippen LogP contribution in [-0.2, 0) is 9.53 Å². The predicted octanol–water partition coefficient (Wildman–Crippen LogP) is 3.31. The average molecular weight is 473 g/mol. The highest BCUT2D eigenvalue weighted by atomic mass is 35.5. The molecule has 2 aromatic heterocycles. The highest BCUT2D eigenvalue weighted by molar-refractivity contribution is 6.29. The minimum Gasteiger partial charge on any atom is -0.357 e. The van der Waals surface area contributed by atoms with E-state index in [2.05, 4.69) is 21.9 Å². The molecule has 0 spiro atoms. The maximum atomic E-state index is 14.0. The zero-order valence-corrected chi connectivity index (χ0v) is 17.4. The quantitative estimate of drug-likeness (QED) is 0.419. The smallest absolute Gasteiger partial charge is 0.357 e. The van der Waals surface area contributed by atoms with Crippen molar-refractivity contribution in [1.29, 1.82) is 0 Å². The highest BCUT2D eigenvalue weighted by Gasteiger charge is 2.47. The van der Waals surface area contributed by atoms with Gasteiger partial charge in [0.25, 0.3) is 5.91 Å². The number of carbonyl (C=O) groups excluding carboxylic acids is 2. The van der Waals surface area contributed by atoms with Crippen molar-refractivity contribution in [2.45, 2.75) is 18.4 Å². The Balaban J connectivity index is 2.02. The number of nitrogens with zero attached hydrogens (tertiary/aromatic N) is 3. The summed E-state index contributed by atoms with van der Waals surface area (Å²) in [5.41, 5.74) is 0.175. The van der Waals surface area contributed by atoms with E-state index >= 15 is 0 Å². The van der Waals surface area contributed by atoms with Gasteiger partial charge in [0, 0.05) is 18.7 Å². The van der Waals surface area contributed by atoms with Crippen LogP contribution in [0.3, 0.4) is 0 Å². The predicted molar refractivity (Wildman–Crippen MR) is 106 cm³/mol. The van der Waals surface area contributed by atoms with Gasteiger partial charge in [-0.1, -0.05) is 18.2 Å². The maximum absolute atomic E-state index is 14.0. The lowest BCUT2D eigenvalue weighted by molar-refractivity contribution is -0.253. The summed E-state index contributed by atoms with van der Waals surface area (Å²) in [6.45, 7) is 2.44. The molecule has 0 saturated carbocycles. The number of nitrogens with one attached hydrogen (secondary N) is 1. The Morgan fingerprint density at radius 3 is 2.59 bits per heavy atom. The zero-order valence-electron chi connectivity index (χ0n) is 16.6. The van der Waals surface area contributed by atoms with Gasteiger partial charge >= 0.3 is 6.18 Å². The molecule has 1 N–H and O–H groups in total. The van der Waals surface area contributed by atoms with Crippen LogP contribution in [0.5, 0.6) is 0 Å². The summed E-state index contributed by atoms with van der Waals surface area (Å²) < 4.78 is 59.3. The van der Waals surface area contributed by atoms with Crippen molar-refractivity contribution in [2.75, 3.05) is 20.1 Å². The van der Waals surface area contributed by atoms with Crippen LogP contribution < -0.4 is 5.32 Å². The van der Waals surface area contributed by atoms with Crippen LogP contribution >= 0.6 is 11.6 Å². The molecule has 1 aliphatic rings. The number of hydrogen-bond acceptors (Lipinski definition) is 5. The summed E-state index contributed by atoms with van der Waals surface area (Å²) in [5.74, 6) is -2.28. The number of halogens is 5. The lowest BCUT2D eigenvalue weighted by atomic mass is 10.0. The second kappa shape index (κ2) is 9.21. The summed E-state index contributed by atoms with van der Waals surface area (Å²) in [6.07, 6.45) is -7.21. The van der Waals surface area contributed by atoms with Crippen molar-refractivity contribution < 1.29 is 31.9 Å². The normalized spacial score (nSPS) is 18.9. The molecular formula is C20H17ClF4N4O3. The van der Waals surface area contributed by atoms with Gasteiger partial charge in [0.1, 0.15) is 17.0 Å². The van der Waals surface area contributed by atoms with E-state index in [1.807, 2.05) is 0 Å². The van der Waals surface area contributed by atoms with Gasteiger partial charge in [0.2, 0.25) is 11.9 Å². The van der Waals surface area contributed by atoms with Crippen LogP contribution in [0, 0.1) is 5.95 Å². The molecule has 3 heterocycles. The summed E-state index contributed by atoms with van der Waals surface area (Å²) in [7, 11) is 1.35. The van der Waals surface area contributed by atoms with Gasteiger partial charge in [0.15, 0.2) is 6.10 Å². The van der Waals surface area contributed by atoms with E-state index in [0.29, 0.717) is 0 Å². The Kier molecular flexibility index (Phi) is 6.79. The second-order valence-corrected chi connectivity index (χ2v) is 7.24. The van der Waals surface area contributed by atoms with E-state index in [9.17, 15) is 27.2 Å². The number of morpholine rings is 1. The van der Waals surface area contributed by atoms with Crippen molar-refractivity contribution in [3.63, 3.8) is 0 Å².